The van der Waals surface area contributed by atoms with E-state index < -0.39 is 0 Å². The molecule has 1 aliphatic heterocycles. The fraction of sp³-hybridized carbons (Fsp3) is 0.471. The first-order valence-electron chi connectivity index (χ1n) is 8.09. The summed E-state index contributed by atoms with van der Waals surface area (Å²) in [5.41, 5.74) is 1.22. The van der Waals surface area contributed by atoms with Crippen molar-refractivity contribution in [1.29, 1.82) is 0 Å². The van der Waals surface area contributed by atoms with Gasteiger partial charge in [-0.3, -0.25) is 4.79 Å². The van der Waals surface area contributed by atoms with Crippen molar-refractivity contribution >= 4 is 17.7 Å². The number of amides is 1. The molecule has 0 fully saturated rings. The molecule has 5 nitrogen and oxygen atoms in total. The van der Waals surface area contributed by atoms with Crippen LogP contribution in [0.2, 0.25) is 0 Å². The third-order valence-electron chi connectivity index (χ3n) is 3.84. The van der Waals surface area contributed by atoms with E-state index in [9.17, 15) is 4.79 Å². The molecule has 0 radical (unpaired) electrons. The number of hydrogen-bond donors (Lipinski definition) is 1. The quantitative estimate of drug-likeness (QED) is 0.879. The zero-order chi connectivity index (χ0) is 16.1. The fourth-order valence-electron chi connectivity index (χ4n) is 2.70. The predicted molar refractivity (Wildman–Crippen MR) is 89.3 cm³/mol. The van der Waals surface area contributed by atoms with Crippen LogP contribution in [0.5, 0.6) is 0 Å². The topological polar surface area (TPSA) is 68.0 Å². The minimum absolute atomic E-state index is 0.0342. The van der Waals surface area contributed by atoms with Crippen molar-refractivity contribution in [2.75, 3.05) is 5.75 Å². The van der Waals surface area contributed by atoms with Crippen molar-refractivity contribution < 1.29 is 9.32 Å². The number of hydrogen-bond acceptors (Lipinski definition) is 5. The van der Waals surface area contributed by atoms with Gasteiger partial charge in [-0.1, -0.05) is 30.3 Å². The molecule has 1 N–H and O–H groups in total. The summed E-state index contributed by atoms with van der Waals surface area (Å²) < 4.78 is 5.17. The molecule has 3 rings (SSSR count). The van der Waals surface area contributed by atoms with Crippen LogP contribution in [-0.4, -0.2) is 21.8 Å². The lowest BCUT2D eigenvalue weighted by molar-refractivity contribution is -0.121. The lowest BCUT2D eigenvalue weighted by Gasteiger charge is -2.25. The van der Waals surface area contributed by atoms with Gasteiger partial charge in [0.05, 0.1) is 6.04 Å². The Morgan fingerprint density at radius 1 is 1.39 bits per heavy atom. The second-order valence-corrected chi connectivity index (χ2v) is 6.79. The first kappa shape index (κ1) is 16.1. The van der Waals surface area contributed by atoms with Gasteiger partial charge in [0, 0.05) is 29.9 Å². The lowest BCUT2D eigenvalue weighted by Crippen LogP contribution is -2.30. The fourth-order valence-corrected chi connectivity index (χ4v) is 3.82. The minimum Gasteiger partial charge on any atom is -0.349 e. The van der Waals surface area contributed by atoms with Gasteiger partial charge >= 0.3 is 0 Å². The number of rotatable bonds is 6. The standard InChI is InChI=1S/C17H21N3O2S/c1-2-5-15-19-17(22-20-15)9-8-16(21)18-13-10-11-23-14-7-4-3-6-12(13)14/h3-4,6-7,13H,2,5,8-11H2,1H3,(H,18,21). The maximum Gasteiger partial charge on any atom is 0.227 e. The number of aromatic nitrogens is 2. The zero-order valence-electron chi connectivity index (χ0n) is 13.2. The Labute approximate surface area is 140 Å². The molecule has 23 heavy (non-hydrogen) atoms. The number of thioether (sulfide) groups is 1. The first-order valence-corrected chi connectivity index (χ1v) is 9.07. The van der Waals surface area contributed by atoms with Crippen LogP contribution in [0.3, 0.4) is 0 Å². The van der Waals surface area contributed by atoms with Gasteiger partial charge in [-0.25, -0.2) is 0 Å². The Kier molecular flexibility index (Phi) is 5.33. The molecular formula is C17H21N3O2S. The van der Waals surface area contributed by atoms with Crippen LogP contribution in [-0.2, 0) is 17.6 Å². The van der Waals surface area contributed by atoms with Crippen LogP contribution < -0.4 is 5.32 Å². The molecule has 1 unspecified atom stereocenters. The van der Waals surface area contributed by atoms with Crippen molar-refractivity contribution in [3.8, 4) is 0 Å². The summed E-state index contributed by atoms with van der Waals surface area (Å²) in [6, 6.07) is 8.39. The Bertz CT molecular complexity index is 671. The molecule has 0 aliphatic carbocycles. The van der Waals surface area contributed by atoms with Gasteiger partial charge in [-0.05, 0) is 24.5 Å². The molecule has 6 heteroatoms. The smallest absolute Gasteiger partial charge is 0.227 e. The summed E-state index contributed by atoms with van der Waals surface area (Å²) in [4.78, 5) is 17.8. The monoisotopic (exact) mass is 331 g/mol. The van der Waals surface area contributed by atoms with E-state index >= 15 is 0 Å². The number of nitrogens with zero attached hydrogens (tertiary/aromatic N) is 2. The van der Waals surface area contributed by atoms with Crippen LogP contribution in [0.25, 0.3) is 0 Å². The van der Waals surface area contributed by atoms with Crippen LogP contribution in [0.4, 0.5) is 0 Å². The summed E-state index contributed by atoms with van der Waals surface area (Å²) in [6.45, 7) is 2.07. The van der Waals surface area contributed by atoms with Crippen molar-refractivity contribution in [2.45, 2.75) is 50.0 Å². The molecule has 0 bridgehead atoms. The highest BCUT2D eigenvalue weighted by molar-refractivity contribution is 7.99. The summed E-state index contributed by atoms with van der Waals surface area (Å²) in [7, 11) is 0. The molecule has 1 aliphatic rings. The maximum atomic E-state index is 12.2. The molecule has 1 amide bonds. The van der Waals surface area contributed by atoms with E-state index in [4.69, 9.17) is 4.52 Å². The summed E-state index contributed by atoms with van der Waals surface area (Å²) >= 11 is 1.85. The van der Waals surface area contributed by atoms with E-state index in [2.05, 4.69) is 34.5 Å². The highest BCUT2D eigenvalue weighted by Crippen LogP contribution is 2.35. The minimum atomic E-state index is 0.0342. The van der Waals surface area contributed by atoms with Gasteiger partial charge in [-0.15, -0.1) is 11.8 Å². The molecule has 0 saturated carbocycles. The third-order valence-corrected chi connectivity index (χ3v) is 4.97. The molecule has 2 aromatic rings. The van der Waals surface area contributed by atoms with Crippen LogP contribution >= 0.6 is 11.8 Å². The van der Waals surface area contributed by atoms with E-state index in [0.29, 0.717) is 18.7 Å². The van der Waals surface area contributed by atoms with E-state index in [0.717, 1.165) is 30.8 Å². The van der Waals surface area contributed by atoms with Crippen LogP contribution in [0.1, 0.15) is 49.5 Å². The Hall–Kier alpha value is -1.82. The first-order chi connectivity index (χ1) is 11.3. The average molecular weight is 331 g/mol. The number of carbonyl (C=O) groups is 1. The van der Waals surface area contributed by atoms with Gasteiger partial charge in [0.2, 0.25) is 11.8 Å². The van der Waals surface area contributed by atoms with Crippen molar-refractivity contribution in [3.05, 3.63) is 41.5 Å². The molecule has 1 aromatic heterocycles. The molecule has 122 valence electrons. The highest BCUT2D eigenvalue weighted by Gasteiger charge is 2.22. The van der Waals surface area contributed by atoms with Crippen molar-refractivity contribution in [1.82, 2.24) is 15.5 Å². The number of benzene rings is 1. The highest BCUT2D eigenvalue weighted by atomic mass is 32.2. The number of nitrogens with one attached hydrogen (secondary N) is 1. The van der Waals surface area contributed by atoms with Gasteiger partial charge in [0.1, 0.15) is 0 Å². The van der Waals surface area contributed by atoms with E-state index in [1.807, 2.05) is 23.9 Å². The average Bonchev–Trinajstić information content (AvgIpc) is 3.01. The van der Waals surface area contributed by atoms with Gasteiger partial charge in [0.25, 0.3) is 0 Å². The molecular weight excluding hydrogens is 310 g/mol. The lowest BCUT2D eigenvalue weighted by atomic mass is 10.0. The molecule has 0 spiro atoms. The van der Waals surface area contributed by atoms with E-state index in [-0.39, 0.29) is 11.9 Å². The summed E-state index contributed by atoms with van der Waals surface area (Å²) in [6.07, 6.45) is 3.63. The zero-order valence-corrected chi connectivity index (χ0v) is 14.1. The second-order valence-electron chi connectivity index (χ2n) is 5.65. The molecule has 1 atom stereocenters. The van der Waals surface area contributed by atoms with Gasteiger partial charge < -0.3 is 9.84 Å². The maximum absolute atomic E-state index is 12.2. The number of carbonyl (C=O) groups excluding carboxylic acids is 1. The molecule has 2 heterocycles. The predicted octanol–water partition coefficient (Wildman–Crippen LogP) is 3.31. The Balaban J connectivity index is 1.53. The Morgan fingerprint density at radius 3 is 3.13 bits per heavy atom. The number of fused-ring (bicyclic) bond motifs is 1. The van der Waals surface area contributed by atoms with Crippen molar-refractivity contribution in [3.63, 3.8) is 0 Å². The van der Waals surface area contributed by atoms with Crippen LogP contribution in [0.15, 0.2) is 33.7 Å². The van der Waals surface area contributed by atoms with E-state index in [1.54, 1.807) is 0 Å². The summed E-state index contributed by atoms with van der Waals surface area (Å²) in [5.74, 6) is 2.34. The van der Waals surface area contributed by atoms with Gasteiger partial charge in [0.15, 0.2) is 5.82 Å². The number of aryl methyl sites for hydroxylation is 2. The summed E-state index contributed by atoms with van der Waals surface area (Å²) in [5, 5.41) is 7.04. The van der Waals surface area contributed by atoms with Crippen molar-refractivity contribution in [2.24, 2.45) is 0 Å². The third kappa shape index (κ3) is 4.13. The Morgan fingerprint density at radius 2 is 2.26 bits per heavy atom. The normalized spacial score (nSPS) is 16.8. The SMILES string of the molecule is CCCc1noc(CCC(=O)NC2CCSc3ccccc32)n1. The second kappa shape index (κ2) is 7.64. The van der Waals surface area contributed by atoms with Gasteiger partial charge in [-0.2, -0.15) is 4.98 Å². The van der Waals surface area contributed by atoms with E-state index in [1.165, 1.54) is 10.5 Å². The molecule has 0 saturated heterocycles. The molecule has 1 aromatic carbocycles. The van der Waals surface area contributed by atoms with Crippen LogP contribution in [0, 0.1) is 0 Å². The largest absolute Gasteiger partial charge is 0.349 e.